The van der Waals surface area contributed by atoms with E-state index in [0.717, 1.165) is 12.1 Å². The molecular weight excluding hydrogens is 700 g/mol. The molecule has 0 bridgehead atoms. The SMILES string of the molecule is COc1ccc(C(F)(F)F)cc1NC(=O)CN1C(=O)S/C(=C\c2cc(Br)c(OCc3cccc(F)c3)c(Br)c2)C1=O. The molecule has 1 N–H and O–H groups in total. The topological polar surface area (TPSA) is 84.9 Å². The van der Waals surface area contributed by atoms with E-state index in [4.69, 9.17) is 9.47 Å². The highest BCUT2D eigenvalue weighted by Crippen LogP contribution is 2.39. The largest absolute Gasteiger partial charge is 0.495 e. The Balaban J connectivity index is 1.45. The van der Waals surface area contributed by atoms with Gasteiger partial charge < -0.3 is 14.8 Å². The van der Waals surface area contributed by atoms with Crippen LogP contribution in [0, 0.1) is 5.82 Å². The van der Waals surface area contributed by atoms with Crippen molar-refractivity contribution < 1.29 is 41.4 Å². The Labute approximate surface area is 252 Å². The van der Waals surface area contributed by atoms with E-state index in [9.17, 15) is 31.9 Å². The zero-order valence-electron chi connectivity index (χ0n) is 20.9. The fourth-order valence-corrected chi connectivity index (χ4v) is 5.98. The average Bonchev–Trinajstić information content (AvgIpc) is 3.14. The number of benzene rings is 3. The molecule has 1 saturated heterocycles. The van der Waals surface area contributed by atoms with Gasteiger partial charge in [0.1, 0.15) is 30.5 Å². The Morgan fingerprint density at radius 1 is 1.07 bits per heavy atom. The second kappa shape index (κ2) is 12.7. The molecule has 0 atom stereocenters. The first-order valence-corrected chi connectivity index (χ1v) is 13.9. The van der Waals surface area contributed by atoms with Crippen molar-refractivity contribution >= 4 is 72.4 Å². The third-order valence-electron chi connectivity index (χ3n) is 5.57. The first kappa shape index (κ1) is 30.6. The average molecular weight is 718 g/mol. The molecule has 1 aliphatic heterocycles. The number of carbonyl (C=O) groups excluding carboxylic acids is 3. The number of thioether (sulfide) groups is 1. The van der Waals surface area contributed by atoms with Crippen molar-refractivity contribution in [1.29, 1.82) is 0 Å². The van der Waals surface area contributed by atoms with Crippen LogP contribution in [0.1, 0.15) is 16.7 Å². The van der Waals surface area contributed by atoms with E-state index in [1.54, 1.807) is 24.3 Å². The molecule has 0 aliphatic carbocycles. The normalized spacial score (nSPS) is 14.5. The Morgan fingerprint density at radius 3 is 2.41 bits per heavy atom. The molecule has 14 heteroatoms. The summed E-state index contributed by atoms with van der Waals surface area (Å²) in [6.07, 6.45) is -3.21. The number of hydrogen-bond donors (Lipinski definition) is 1. The van der Waals surface area contributed by atoms with Gasteiger partial charge in [-0.25, -0.2) is 4.39 Å². The monoisotopic (exact) mass is 716 g/mol. The van der Waals surface area contributed by atoms with Gasteiger partial charge in [0.15, 0.2) is 0 Å². The summed E-state index contributed by atoms with van der Waals surface area (Å²) in [4.78, 5) is 38.8. The van der Waals surface area contributed by atoms with Gasteiger partial charge in [0, 0.05) is 0 Å². The van der Waals surface area contributed by atoms with Crippen molar-refractivity contribution in [2.45, 2.75) is 12.8 Å². The standard InChI is InChI=1S/C27H18Br2F4N2O5S/c1-39-21-6-5-16(27(31,32)33)11-20(21)34-23(36)12-35-25(37)22(41-26(35)38)10-15-8-18(28)24(19(29)9-15)40-13-14-3-2-4-17(30)7-14/h2-11H,12-13H2,1H3,(H,34,36)/b22-10-. The van der Waals surface area contributed by atoms with Crippen LogP contribution in [-0.4, -0.2) is 35.6 Å². The van der Waals surface area contributed by atoms with Crippen LogP contribution in [-0.2, 0) is 22.4 Å². The molecule has 1 aliphatic rings. The van der Waals surface area contributed by atoms with Crippen LogP contribution >= 0.6 is 43.6 Å². The summed E-state index contributed by atoms with van der Waals surface area (Å²) in [6.45, 7) is -0.622. The zero-order valence-corrected chi connectivity index (χ0v) is 24.8. The molecule has 214 valence electrons. The molecular formula is C27H18Br2F4N2O5S. The molecule has 0 radical (unpaired) electrons. The highest BCUT2D eigenvalue weighted by atomic mass is 79.9. The minimum atomic E-state index is -4.65. The van der Waals surface area contributed by atoms with E-state index >= 15 is 0 Å². The van der Waals surface area contributed by atoms with Gasteiger partial charge in [0.2, 0.25) is 5.91 Å². The van der Waals surface area contributed by atoms with Gasteiger partial charge in [-0.15, -0.1) is 0 Å². The fraction of sp³-hybridized carbons (Fsp3) is 0.148. The van der Waals surface area contributed by atoms with Crippen LogP contribution in [0.3, 0.4) is 0 Å². The number of alkyl halides is 3. The highest BCUT2D eigenvalue weighted by Gasteiger charge is 2.37. The Hall–Kier alpha value is -3.36. The van der Waals surface area contributed by atoms with Gasteiger partial charge in [-0.05, 0) is 103 Å². The fourth-order valence-electron chi connectivity index (χ4n) is 3.69. The summed E-state index contributed by atoms with van der Waals surface area (Å²) in [5, 5.41) is 1.55. The number of rotatable bonds is 8. The van der Waals surface area contributed by atoms with E-state index < -0.39 is 35.3 Å². The number of nitrogens with one attached hydrogen (secondary N) is 1. The van der Waals surface area contributed by atoms with E-state index in [2.05, 4.69) is 37.2 Å². The number of methoxy groups -OCH3 is 1. The molecule has 1 heterocycles. The minimum Gasteiger partial charge on any atom is -0.495 e. The second-order valence-electron chi connectivity index (χ2n) is 8.46. The molecule has 3 aromatic rings. The number of amides is 3. The van der Waals surface area contributed by atoms with E-state index in [1.807, 2.05) is 0 Å². The number of hydrogen-bond acceptors (Lipinski definition) is 6. The smallest absolute Gasteiger partial charge is 0.416 e. The lowest BCUT2D eigenvalue weighted by Gasteiger charge is -2.16. The maximum absolute atomic E-state index is 13.4. The number of imide groups is 1. The molecule has 3 amide bonds. The van der Waals surface area contributed by atoms with Crippen LogP contribution in [0.5, 0.6) is 11.5 Å². The van der Waals surface area contributed by atoms with Crippen molar-refractivity contribution in [2.24, 2.45) is 0 Å². The first-order valence-electron chi connectivity index (χ1n) is 11.5. The maximum atomic E-state index is 13.4. The third-order valence-corrected chi connectivity index (χ3v) is 7.65. The number of nitrogens with zero attached hydrogens (tertiary/aromatic N) is 1. The quantitative estimate of drug-likeness (QED) is 0.191. The van der Waals surface area contributed by atoms with Gasteiger partial charge in [-0.3, -0.25) is 19.3 Å². The summed E-state index contributed by atoms with van der Waals surface area (Å²) in [6, 6.07) is 11.8. The minimum absolute atomic E-state index is 0.0279. The van der Waals surface area contributed by atoms with Crippen LogP contribution < -0.4 is 14.8 Å². The van der Waals surface area contributed by atoms with E-state index in [-0.39, 0.29) is 28.8 Å². The van der Waals surface area contributed by atoms with Crippen molar-refractivity contribution in [1.82, 2.24) is 4.90 Å². The van der Waals surface area contributed by atoms with E-state index in [0.29, 0.717) is 48.6 Å². The zero-order chi connectivity index (χ0) is 29.9. The third kappa shape index (κ3) is 7.49. The lowest BCUT2D eigenvalue weighted by atomic mass is 10.1. The molecule has 0 spiro atoms. The molecule has 4 rings (SSSR count). The van der Waals surface area contributed by atoms with Crippen LogP contribution in [0.4, 0.5) is 28.0 Å². The van der Waals surface area contributed by atoms with Crippen molar-refractivity contribution in [3.8, 4) is 11.5 Å². The van der Waals surface area contributed by atoms with Gasteiger partial charge in [0.25, 0.3) is 11.1 Å². The Bertz CT molecular complexity index is 1540. The number of ether oxygens (including phenoxy) is 2. The molecule has 1 fully saturated rings. The summed E-state index contributed by atoms with van der Waals surface area (Å²) >= 11 is 7.42. The Kier molecular flexibility index (Phi) is 9.44. The molecule has 0 aromatic heterocycles. The Morgan fingerprint density at radius 2 is 1.78 bits per heavy atom. The van der Waals surface area contributed by atoms with Gasteiger partial charge in [-0.2, -0.15) is 13.2 Å². The van der Waals surface area contributed by atoms with Crippen LogP contribution in [0.2, 0.25) is 0 Å². The molecule has 3 aromatic carbocycles. The molecule has 0 unspecified atom stereocenters. The molecule has 7 nitrogen and oxygen atoms in total. The summed E-state index contributed by atoms with van der Waals surface area (Å²) in [5.41, 5.74) is -0.128. The number of anilines is 1. The maximum Gasteiger partial charge on any atom is 0.416 e. The second-order valence-corrected chi connectivity index (χ2v) is 11.2. The van der Waals surface area contributed by atoms with Gasteiger partial charge in [0.05, 0.1) is 32.2 Å². The first-order chi connectivity index (χ1) is 19.3. The van der Waals surface area contributed by atoms with Crippen molar-refractivity contribution in [2.75, 3.05) is 19.0 Å². The summed E-state index contributed by atoms with van der Waals surface area (Å²) in [5.74, 6) is -1.62. The van der Waals surface area contributed by atoms with Crippen molar-refractivity contribution in [3.05, 3.63) is 91.0 Å². The van der Waals surface area contributed by atoms with Gasteiger partial charge in [-0.1, -0.05) is 12.1 Å². The number of halogens is 6. The predicted molar refractivity (Wildman–Crippen MR) is 152 cm³/mol. The van der Waals surface area contributed by atoms with Crippen LogP contribution in [0.15, 0.2) is 68.4 Å². The lowest BCUT2D eigenvalue weighted by molar-refractivity contribution is -0.137. The summed E-state index contributed by atoms with van der Waals surface area (Å²) < 4.78 is 64.6. The highest BCUT2D eigenvalue weighted by molar-refractivity contribution is 9.11. The molecule has 0 saturated carbocycles. The molecule has 41 heavy (non-hydrogen) atoms. The number of carbonyl (C=O) groups is 3. The van der Waals surface area contributed by atoms with Gasteiger partial charge >= 0.3 is 6.18 Å². The predicted octanol–water partition coefficient (Wildman–Crippen LogP) is 7.63. The van der Waals surface area contributed by atoms with Crippen LogP contribution in [0.25, 0.3) is 6.08 Å². The summed E-state index contributed by atoms with van der Waals surface area (Å²) in [7, 11) is 1.22. The van der Waals surface area contributed by atoms with Crippen molar-refractivity contribution in [3.63, 3.8) is 0 Å². The lowest BCUT2D eigenvalue weighted by Crippen LogP contribution is -2.36. The van der Waals surface area contributed by atoms with E-state index in [1.165, 1.54) is 25.3 Å².